The van der Waals surface area contributed by atoms with Crippen LogP contribution < -0.4 is 10.1 Å². The summed E-state index contributed by atoms with van der Waals surface area (Å²) in [7, 11) is 1.89. The van der Waals surface area contributed by atoms with Gasteiger partial charge in [0.1, 0.15) is 10.8 Å². The molecule has 202 valence electrons. The smallest absolute Gasteiger partial charge is 0.341 e. The number of benzene rings is 1. The number of rotatable bonds is 9. The second-order valence-electron chi connectivity index (χ2n) is 10.1. The van der Waals surface area contributed by atoms with Crippen molar-refractivity contribution in [2.45, 2.75) is 82.6 Å². The molecular formula is C28H34N4O4S2. The number of hydrogen-bond donors (Lipinski definition) is 1. The summed E-state index contributed by atoms with van der Waals surface area (Å²) in [5.74, 6) is 1.21. The van der Waals surface area contributed by atoms with Gasteiger partial charge in [-0.25, -0.2) is 4.79 Å². The second-order valence-corrected chi connectivity index (χ2v) is 12.2. The zero-order valence-electron chi connectivity index (χ0n) is 22.1. The number of hydrogen-bond acceptors (Lipinski definition) is 8. The quantitative estimate of drug-likeness (QED) is 0.254. The molecule has 1 amide bonds. The molecule has 5 rings (SSSR count). The number of carbonyl (C=O) groups excluding carboxylic acids is 2. The van der Waals surface area contributed by atoms with Crippen molar-refractivity contribution in [1.29, 1.82) is 0 Å². The number of aryl methyl sites for hydroxylation is 1. The number of thiophene rings is 1. The predicted molar refractivity (Wildman–Crippen MR) is 150 cm³/mol. The third-order valence-electron chi connectivity index (χ3n) is 6.86. The predicted octanol–water partition coefficient (Wildman–Crippen LogP) is 6.04. The first-order chi connectivity index (χ1) is 18.4. The van der Waals surface area contributed by atoms with Gasteiger partial charge in [-0.1, -0.05) is 11.8 Å². The highest BCUT2D eigenvalue weighted by Crippen LogP contribution is 2.39. The fourth-order valence-corrected chi connectivity index (χ4v) is 7.01. The number of anilines is 1. The van der Waals surface area contributed by atoms with Crippen LogP contribution in [0.4, 0.5) is 5.00 Å². The highest BCUT2D eigenvalue weighted by atomic mass is 32.2. The first-order valence-corrected chi connectivity index (χ1v) is 15.1. The third kappa shape index (κ3) is 6.07. The van der Waals surface area contributed by atoms with Crippen LogP contribution in [0.5, 0.6) is 5.75 Å². The molecule has 1 saturated carbocycles. The summed E-state index contributed by atoms with van der Waals surface area (Å²) in [4.78, 5) is 26.9. The van der Waals surface area contributed by atoms with E-state index in [0.717, 1.165) is 61.2 Å². The number of carbonyl (C=O) groups is 2. The van der Waals surface area contributed by atoms with E-state index in [-0.39, 0.29) is 23.7 Å². The van der Waals surface area contributed by atoms with Crippen LogP contribution in [-0.4, -0.2) is 44.6 Å². The average molecular weight is 555 g/mol. The van der Waals surface area contributed by atoms with Crippen molar-refractivity contribution in [3.05, 3.63) is 40.3 Å². The van der Waals surface area contributed by atoms with Crippen LogP contribution in [0.3, 0.4) is 0 Å². The van der Waals surface area contributed by atoms with Crippen LogP contribution in [0.1, 0.15) is 73.2 Å². The van der Waals surface area contributed by atoms with Crippen LogP contribution in [0.25, 0.3) is 11.4 Å². The van der Waals surface area contributed by atoms with Crippen molar-refractivity contribution >= 4 is 40.0 Å². The van der Waals surface area contributed by atoms with Gasteiger partial charge in [0, 0.05) is 17.5 Å². The maximum Gasteiger partial charge on any atom is 0.341 e. The van der Waals surface area contributed by atoms with Gasteiger partial charge in [-0.05, 0) is 95.0 Å². The summed E-state index contributed by atoms with van der Waals surface area (Å²) in [5, 5.41) is 12.9. The lowest BCUT2D eigenvalue weighted by atomic mass is 9.95. The molecule has 2 heterocycles. The fraction of sp³-hybridized carbons (Fsp3) is 0.500. The number of nitrogens with zero attached hydrogens (tertiary/aromatic N) is 3. The van der Waals surface area contributed by atoms with Crippen LogP contribution in [0.2, 0.25) is 0 Å². The number of fused-ring (bicyclic) bond motifs is 1. The standard InChI is InChI=1S/C28H34N4O4S2/c1-17(2)35-27(34)24-21-10-6-7-11-22(21)38-26(24)29-23(33)16-37-28-31-30-25(32(28)3)18-12-14-20(15-13-18)36-19-8-4-5-9-19/h12-15,17,19H,4-11,16H2,1-3H3,(H,29,33). The number of thioether (sulfide) groups is 1. The minimum absolute atomic E-state index is 0.154. The first kappa shape index (κ1) is 26.7. The molecule has 10 heteroatoms. The second kappa shape index (κ2) is 11.9. The van der Waals surface area contributed by atoms with E-state index in [4.69, 9.17) is 9.47 Å². The first-order valence-electron chi connectivity index (χ1n) is 13.3. The molecule has 1 N–H and O–H groups in total. The lowest BCUT2D eigenvalue weighted by Crippen LogP contribution is -2.19. The van der Waals surface area contributed by atoms with Crippen molar-refractivity contribution in [2.24, 2.45) is 7.05 Å². The summed E-state index contributed by atoms with van der Waals surface area (Å²) in [5.41, 5.74) is 2.50. The monoisotopic (exact) mass is 554 g/mol. The average Bonchev–Trinajstić information content (AvgIpc) is 3.62. The normalized spacial score (nSPS) is 15.5. The van der Waals surface area contributed by atoms with Crippen LogP contribution >= 0.6 is 23.1 Å². The summed E-state index contributed by atoms with van der Waals surface area (Å²) >= 11 is 2.81. The molecule has 2 aliphatic carbocycles. The Bertz CT molecular complexity index is 1290. The van der Waals surface area contributed by atoms with Crippen molar-refractivity contribution in [3.63, 3.8) is 0 Å². The molecule has 2 aliphatic rings. The molecule has 0 bridgehead atoms. The van der Waals surface area contributed by atoms with Crippen molar-refractivity contribution in [3.8, 4) is 17.1 Å². The Hall–Kier alpha value is -2.85. The zero-order chi connectivity index (χ0) is 26.6. The lowest BCUT2D eigenvalue weighted by Gasteiger charge is -2.14. The third-order valence-corrected chi connectivity index (χ3v) is 9.08. The molecule has 2 aromatic heterocycles. The highest BCUT2D eigenvalue weighted by molar-refractivity contribution is 7.99. The van der Waals surface area contributed by atoms with E-state index in [2.05, 4.69) is 15.5 Å². The summed E-state index contributed by atoms with van der Waals surface area (Å²) in [6, 6.07) is 7.94. The molecule has 0 radical (unpaired) electrons. The molecule has 1 aromatic carbocycles. The largest absolute Gasteiger partial charge is 0.490 e. The summed E-state index contributed by atoms with van der Waals surface area (Å²) in [6.45, 7) is 3.67. The number of nitrogens with one attached hydrogen (secondary N) is 1. The highest BCUT2D eigenvalue weighted by Gasteiger charge is 2.28. The minimum Gasteiger partial charge on any atom is -0.490 e. The molecule has 0 atom stereocenters. The number of amides is 1. The van der Waals surface area contributed by atoms with Crippen molar-refractivity contribution in [1.82, 2.24) is 14.8 Å². The van der Waals surface area contributed by atoms with E-state index < -0.39 is 0 Å². The van der Waals surface area contributed by atoms with E-state index in [1.54, 1.807) is 0 Å². The maximum absolute atomic E-state index is 12.9. The Balaban J connectivity index is 1.22. The van der Waals surface area contributed by atoms with Gasteiger partial charge in [0.2, 0.25) is 5.91 Å². The van der Waals surface area contributed by atoms with E-state index in [9.17, 15) is 9.59 Å². The molecule has 38 heavy (non-hydrogen) atoms. The van der Waals surface area contributed by atoms with Crippen molar-refractivity contribution in [2.75, 3.05) is 11.1 Å². The van der Waals surface area contributed by atoms with Crippen LogP contribution in [-0.2, 0) is 29.4 Å². The molecule has 0 unspecified atom stereocenters. The van der Waals surface area contributed by atoms with E-state index in [1.807, 2.05) is 49.7 Å². The minimum atomic E-state index is -0.361. The summed E-state index contributed by atoms with van der Waals surface area (Å²) in [6.07, 6.45) is 8.73. The van der Waals surface area contributed by atoms with Gasteiger partial charge in [-0.3, -0.25) is 4.79 Å². The van der Waals surface area contributed by atoms with Gasteiger partial charge in [0.25, 0.3) is 0 Å². The number of ether oxygens (including phenoxy) is 2. The Morgan fingerprint density at radius 3 is 2.58 bits per heavy atom. The molecular weight excluding hydrogens is 520 g/mol. The Labute approximate surface area is 231 Å². The van der Waals surface area contributed by atoms with Crippen LogP contribution in [0, 0.1) is 0 Å². The fourth-order valence-electron chi connectivity index (χ4n) is 5.01. The van der Waals surface area contributed by atoms with Gasteiger partial charge in [-0.2, -0.15) is 0 Å². The summed E-state index contributed by atoms with van der Waals surface area (Å²) < 4.78 is 13.4. The van der Waals surface area contributed by atoms with Crippen LogP contribution in [0.15, 0.2) is 29.4 Å². The Kier molecular flexibility index (Phi) is 8.38. The lowest BCUT2D eigenvalue weighted by molar-refractivity contribution is -0.113. The van der Waals surface area contributed by atoms with E-state index >= 15 is 0 Å². The number of esters is 1. The van der Waals surface area contributed by atoms with Gasteiger partial charge >= 0.3 is 5.97 Å². The SMILES string of the molecule is CC(C)OC(=O)c1c(NC(=O)CSc2nnc(-c3ccc(OC4CCCC4)cc3)n2C)sc2c1CCCC2. The van der Waals surface area contributed by atoms with E-state index in [0.29, 0.717) is 21.8 Å². The number of aromatic nitrogens is 3. The van der Waals surface area contributed by atoms with Gasteiger partial charge in [0.15, 0.2) is 11.0 Å². The molecule has 0 saturated heterocycles. The zero-order valence-corrected chi connectivity index (χ0v) is 23.8. The maximum atomic E-state index is 12.9. The molecule has 0 aliphatic heterocycles. The Morgan fingerprint density at radius 1 is 1.11 bits per heavy atom. The van der Waals surface area contributed by atoms with Gasteiger partial charge < -0.3 is 19.4 Å². The molecule has 0 spiro atoms. The molecule has 3 aromatic rings. The molecule has 1 fully saturated rings. The topological polar surface area (TPSA) is 95.3 Å². The van der Waals surface area contributed by atoms with Gasteiger partial charge in [0.05, 0.1) is 23.5 Å². The van der Waals surface area contributed by atoms with E-state index in [1.165, 1.54) is 40.8 Å². The molecule has 8 nitrogen and oxygen atoms in total. The van der Waals surface area contributed by atoms with Gasteiger partial charge in [-0.15, -0.1) is 21.5 Å². The van der Waals surface area contributed by atoms with Crippen molar-refractivity contribution < 1.29 is 19.1 Å². The Morgan fingerprint density at radius 2 is 1.84 bits per heavy atom.